The van der Waals surface area contributed by atoms with Crippen LogP contribution in [0, 0.1) is 12.7 Å². The molecule has 0 saturated heterocycles. The number of aromatic nitrogens is 2. The number of nitrogens with two attached hydrogens (primary N) is 1. The molecule has 0 radical (unpaired) electrons. The van der Waals surface area contributed by atoms with E-state index in [0.29, 0.717) is 32.9 Å². The fourth-order valence-electron chi connectivity index (χ4n) is 1.76. The van der Waals surface area contributed by atoms with E-state index in [1.165, 1.54) is 0 Å². The van der Waals surface area contributed by atoms with Gasteiger partial charge in [0.25, 0.3) is 0 Å². The smallest absolute Gasteiger partial charge is 0.146 e. The topological polar surface area (TPSA) is 51.8 Å². The molecule has 5 heteroatoms. The van der Waals surface area contributed by atoms with E-state index in [2.05, 4.69) is 25.9 Å². The predicted octanol–water partition coefficient (Wildman–Crippen LogP) is 4.06. The van der Waals surface area contributed by atoms with Crippen molar-refractivity contribution in [3.05, 3.63) is 39.9 Å². The minimum absolute atomic E-state index is 0.136. The fourth-order valence-corrected chi connectivity index (χ4v) is 2.13. The van der Waals surface area contributed by atoms with Crippen LogP contribution in [0.25, 0.3) is 11.3 Å². The third-order valence-corrected chi connectivity index (χ3v) is 3.54. The summed E-state index contributed by atoms with van der Waals surface area (Å²) in [7, 11) is 0. The van der Waals surface area contributed by atoms with Gasteiger partial charge in [0.1, 0.15) is 17.5 Å². The SMILES string of the molecule is Cc1c(N)nc(C(C)C)nc1-c1cccc(Br)c1F. The lowest BCUT2D eigenvalue weighted by molar-refractivity contribution is 0.623. The van der Waals surface area contributed by atoms with Gasteiger partial charge in [-0.1, -0.05) is 19.9 Å². The summed E-state index contributed by atoms with van der Waals surface area (Å²) in [6.07, 6.45) is 0. The van der Waals surface area contributed by atoms with Gasteiger partial charge >= 0.3 is 0 Å². The van der Waals surface area contributed by atoms with Gasteiger partial charge in [-0.3, -0.25) is 0 Å². The van der Waals surface area contributed by atoms with Crippen molar-refractivity contribution in [3.63, 3.8) is 0 Å². The Morgan fingerprint density at radius 3 is 2.58 bits per heavy atom. The monoisotopic (exact) mass is 323 g/mol. The molecule has 0 aliphatic rings. The van der Waals surface area contributed by atoms with Crippen molar-refractivity contribution in [1.82, 2.24) is 9.97 Å². The van der Waals surface area contributed by atoms with Crippen LogP contribution in [0.1, 0.15) is 31.2 Å². The second-order valence-corrected chi connectivity index (χ2v) is 5.55. The molecule has 0 amide bonds. The summed E-state index contributed by atoms with van der Waals surface area (Å²) in [5, 5.41) is 0. The molecule has 1 heterocycles. The van der Waals surface area contributed by atoms with Crippen molar-refractivity contribution in [2.75, 3.05) is 5.73 Å². The van der Waals surface area contributed by atoms with E-state index < -0.39 is 0 Å². The minimum atomic E-state index is -0.335. The van der Waals surface area contributed by atoms with Gasteiger partial charge in [-0.2, -0.15) is 0 Å². The summed E-state index contributed by atoms with van der Waals surface area (Å²) in [5.74, 6) is 0.820. The molecule has 100 valence electrons. The molecule has 0 atom stereocenters. The van der Waals surface area contributed by atoms with Gasteiger partial charge in [0, 0.05) is 17.0 Å². The number of hydrogen-bond donors (Lipinski definition) is 1. The third-order valence-electron chi connectivity index (χ3n) is 2.92. The van der Waals surface area contributed by atoms with Gasteiger partial charge in [0.15, 0.2) is 0 Å². The minimum Gasteiger partial charge on any atom is -0.383 e. The molecule has 2 rings (SSSR count). The summed E-state index contributed by atoms with van der Waals surface area (Å²) in [5.41, 5.74) is 7.58. The lowest BCUT2D eigenvalue weighted by Crippen LogP contribution is -2.07. The molecular formula is C14H15BrFN3. The summed E-state index contributed by atoms with van der Waals surface area (Å²) >= 11 is 3.18. The van der Waals surface area contributed by atoms with Gasteiger partial charge in [0.05, 0.1) is 10.2 Å². The van der Waals surface area contributed by atoms with E-state index in [0.717, 1.165) is 0 Å². The van der Waals surface area contributed by atoms with Gasteiger partial charge in [-0.15, -0.1) is 0 Å². The Kier molecular flexibility index (Phi) is 3.85. The summed E-state index contributed by atoms with van der Waals surface area (Å²) in [4.78, 5) is 8.70. The van der Waals surface area contributed by atoms with Gasteiger partial charge < -0.3 is 5.73 Å². The van der Waals surface area contributed by atoms with E-state index in [1.807, 2.05) is 13.8 Å². The first-order chi connectivity index (χ1) is 8.91. The third kappa shape index (κ3) is 2.61. The van der Waals surface area contributed by atoms with Crippen molar-refractivity contribution in [2.45, 2.75) is 26.7 Å². The number of nitrogen functional groups attached to an aromatic ring is 1. The molecule has 2 aromatic rings. The lowest BCUT2D eigenvalue weighted by atomic mass is 10.1. The van der Waals surface area contributed by atoms with Gasteiger partial charge in [-0.05, 0) is 35.0 Å². The van der Waals surface area contributed by atoms with Gasteiger partial charge in [0.2, 0.25) is 0 Å². The van der Waals surface area contributed by atoms with Crippen LogP contribution < -0.4 is 5.73 Å². The van der Waals surface area contributed by atoms with Crippen LogP contribution in [-0.2, 0) is 0 Å². The molecule has 0 spiro atoms. The highest BCUT2D eigenvalue weighted by Crippen LogP contribution is 2.31. The molecule has 0 bridgehead atoms. The standard InChI is InChI=1S/C14H15BrFN3/c1-7(2)14-18-12(8(3)13(17)19-14)9-5-4-6-10(15)11(9)16/h4-7H,1-3H3,(H2,17,18,19). The maximum absolute atomic E-state index is 14.2. The first-order valence-electron chi connectivity index (χ1n) is 6.00. The number of anilines is 1. The number of rotatable bonds is 2. The molecule has 19 heavy (non-hydrogen) atoms. The average Bonchev–Trinajstić information content (AvgIpc) is 2.36. The predicted molar refractivity (Wildman–Crippen MR) is 78.4 cm³/mol. The lowest BCUT2D eigenvalue weighted by Gasteiger charge is -2.13. The molecule has 0 unspecified atom stereocenters. The number of hydrogen-bond acceptors (Lipinski definition) is 3. The van der Waals surface area contributed by atoms with E-state index in [1.54, 1.807) is 25.1 Å². The Bertz CT molecular complexity index is 626. The maximum atomic E-state index is 14.2. The van der Waals surface area contributed by atoms with E-state index in [-0.39, 0.29) is 11.7 Å². The summed E-state index contributed by atoms with van der Waals surface area (Å²) in [6.45, 7) is 5.76. The van der Waals surface area contributed by atoms with Crippen molar-refractivity contribution in [3.8, 4) is 11.3 Å². The second-order valence-electron chi connectivity index (χ2n) is 4.70. The highest BCUT2D eigenvalue weighted by Gasteiger charge is 2.16. The Hall–Kier alpha value is -1.49. The zero-order valence-electron chi connectivity index (χ0n) is 11.0. The zero-order valence-corrected chi connectivity index (χ0v) is 12.6. The normalized spacial score (nSPS) is 11.1. The molecule has 2 N–H and O–H groups in total. The largest absolute Gasteiger partial charge is 0.383 e. The first kappa shape index (κ1) is 13.9. The van der Waals surface area contributed by atoms with E-state index >= 15 is 0 Å². The number of nitrogens with zero attached hydrogens (tertiary/aromatic N) is 2. The molecular weight excluding hydrogens is 309 g/mol. The quantitative estimate of drug-likeness (QED) is 0.906. The Morgan fingerprint density at radius 1 is 1.26 bits per heavy atom. The molecule has 1 aromatic heterocycles. The molecule has 0 aliphatic heterocycles. The summed E-state index contributed by atoms with van der Waals surface area (Å²) in [6, 6.07) is 5.12. The average molecular weight is 324 g/mol. The Morgan fingerprint density at radius 2 is 1.95 bits per heavy atom. The second kappa shape index (κ2) is 5.25. The van der Waals surface area contributed by atoms with Crippen molar-refractivity contribution < 1.29 is 4.39 Å². The van der Waals surface area contributed by atoms with Crippen LogP contribution in [-0.4, -0.2) is 9.97 Å². The van der Waals surface area contributed by atoms with Crippen molar-refractivity contribution >= 4 is 21.7 Å². The van der Waals surface area contributed by atoms with E-state index in [9.17, 15) is 4.39 Å². The highest BCUT2D eigenvalue weighted by molar-refractivity contribution is 9.10. The molecule has 0 aliphatic carbocycles. The molecule has 0 saturated carbocycles. The van der Waals surface area contributed by atoms with Crippen LogP contribution in [0.2, 0.25) is 0 Å². The zero-order chi connectivity index (χ0) is 14.2. The maximum Gasteiger partial charge on any atom is 0.146 e. The van der Waals surface area contributed by atoms with Crippen molar-refractivity contribution in [1.29, 1.82) is 0 Å². The van der Waals surface area contributed by atoms with Gasteiger partial charge in [-0.25, -0.2) is 14.4 Å². The number of benzene rings is 1. The molecule has 1 aromatic carbocycles. The summed E-state index contributed by atoms with van der Waals surface area (Å²) < 4.78 is 14.6. The van der Waals surface area contributed by atoms with E-state index in [4.69, 9.17) is 5.73 Å². The molecule has 0 fully saturated rings. The van der Waals surface area contributed by atoms with Crippen LogP contribution in [0.15, 0.2) is 22.7 Å². The molecule has 3 nitrogen and oxygen atoms in total. The number of halogens is 2. The Labute approximate surface area is 120 Å². The fraction of sp³-hybridized carbons (Fsp3) is 0.286. The Balaban J connectivity index is 2.71. The van der Waals surface area contributed by atoms with Crippen LogP contribution in [0.5, 0.6) is 0 Å². The highest BCUT2D eigenvalue weighted by atomic mass is 79.9. The van der Waals surface area contributed by atoms with Crippen LogP contribution >= 0.6 is 15.9 Å². The van der Waals surface area contributed by atoms with Crippen LogP contribution in [0.3, 0.4) is 0 Å². The van der Waals surface area contributed by atoms with Crippen LogP contribution in [0.4, 0.5) is 10.2 Å². The first-order valence-corrected chi connectivity index (χ1v) is 6.79. The van der Waals surface area contributed by atoms with Crippen molar-refractivity contribution in [2.24, 2.45) is 0 Å².